The highest BCUT2D eigenvalue weighted by Gasteiger charge is 2.31. The number of aromatic nitrogens is 1. The van der Waals surface area contributed by atoms with Gasteiger partial charge in [0.2, 0.25) is 11.8 Å². The second-order valence-electron chi connectivity index (χ2n) is 6.56. The van der Waals surface area contributed by atoms with Crippen molar-refractivity contribution in [2.45, 2.75) is 39.3 Å². The molecular formula is C19H23N3O3. The summed E-state index contributed by atoms with van der Waals surface area (Å²) < 4.78 is 5.05. The Kier molecular flexibility index (Phi) is 4.88. The van der Waals surface area contributed by atoms with Crippen molar-refractivity contribution in [2.24, 2.45) is 0 Å². The lowest BCUT2D eigenvalue weighted by atomic mass is 9.90. The van der Waals surface area contributed by atoms with Crippen LogP contribution in [-0.4, -0.2) is 40.4 Å². The number of aryl methyl sites for hydroxylation is 1. The Hall–Kier alpha value is -2.63. The maximum atomic E-state index is 12.7. The molecule has 6 heteroatoms. The minimum Gasteiger partial charge on any atom is -0.361 e. The number of nitrogens with zero attached hydrogens (tertiary/aromatic N) is 3. The first-order valence-electron chi connectivity index (χ1n) is 8.47. The minimum absolute atomic E-state index is 0.00193. The van der Waals surface area contributed by atoms with E-state index in [9.17, 15) is 9.59 Å². The van der Waals surface area contributed by atoms with Crippen LogP contribution in [0.25, 0.3) is 0 Å². The van der Waals surface area contributed by atoms with E-state index in [1.807, 2.05) is 31.2 Å². The van der Waals surface area contributed by atoms with Crippen LogP contribution >= 0.6 is 0 Å². The van der Waals surface area contributed by atoms with E-state index in [1.54, 1.807) is 23.8 Å². The molecule has 1 aliphatic rings. The molecule has 1 atom stereocenters. The Morgan fingerprint density at radius 2 is 2.12 bits per heavy atom. The van der Waals surface area contributed by atoms with E-state index in [0.29, 0.717) is 13.1 Å². The van der Waals surface area contributed by atoms with Crippen LogP contribution in [-0.2, 0) is 22.6 Å². The van der Waals surface area contributed by atoms with Gasteiger partial charge in [0.1, 0.15) is 11.5 Å². The van der Waals surface area contributed by atoms with Gasteiger partial charge in [-0.05, 0) is 24.5 Å². The number of fused-ring (bicyclic) bond motifs is 1. The molecule has 0 radical (unpaired) electrons. The lowest BCUT2D eigenvalue weighted by molar-refractivity contribution is -0.136. The molecule has 0 N–H and O–H groups in total. The van der Waals surface area contributed by atoms with E-state index >= 15 is 0 Å². The van der Waals surface area contributed by atoms with Gasteiger partial charge in [-0.25, -0.2) is 0 Å². The van der Waals surface area contributed by atoms with Gasteiger partial charge in [-0.2, -0.15) is 0 Å². The van der Waals surface area contributed by atoms with Crippen molar-refractivity contribution in [1.82, 2.24) is 15.0 Å². The van der Waals surface area contributed by atoms with Gasteiger partial charge in [-0.15, -0.1) is 0 Å². The fraction of sp³-hybridized carbons (Fsp3) is 0.421. The van der Waals surface area contributed by atoms with Crippen LogP contribution in [0.15, 0.2) is 34.9 Å². The second-order valence-corrected chi connectivity index (χ2v) is 6.56. The van der Waals surface area contributed by atoms with Crippen molar-refractivity contribution >= 4 is 11.8 Å². The Morgan fingerprint density at radius 3 is 2.80 bits per heavy atom. The second kappa shape index (κ2) is 7.09. The van der Waals surface area contributed by atoms with Gasteiger partial charge < -0.3 is 14.3 Å². The van der Waals surface area contributed by atoms with E-state index in [-0.39, 0.29) is 24.3 Å². The Labute approximate surface area is 147 Å². The molecule has 0 spiro atoms. The number of hydrogen-bond donors (Lipinski definition) is 0. The molecule has 2 heterocycles. The molecule has 25 heavy (non-hydrogen) atoms. The summed E-state index contributed by atoms with van der Waals surface area (Å²) in [6.07, 6.45) is 1.10. The highest BCUT2D eigenvalue weighted by Crippen LogP contribution is 2.32. The minimum atomic E-state index is -0.212. The van der Waals surface area contributed by atoms with Crippen LogP contribution in [0.1, 0.15) is 42.0 Å². The van der Waals surface area contributed by atoms with Crippen LogP contribution in [0.3, 0.4) is 0 Å². The number of carbonyl (C=O) groups is 2. The highest BCUT2D eigenvalue weighted by molar-refractivity contribution is 5.79. The van der Waals surface area contributed by atoms with Crippen molar-refractivity contribution in [3.8, 4) is 0 Å². The van der Waals surface area contributed by atoms with Crippen molar-refractivity contribution in [3.63, 3.8) is 0 Å². The molecule has 1 aromatic carbocycles. The maximum Gasteiger partial charge on any atom is 0.225 e. The molecule has 0 bridgehead atoms. The lowest BCUT2D eigenvalue weighted by Crippen LogP contribution is -2.41. The molecule has 6 nitrogen and oxygen atoms in total. The third-order valence-electron chi connectivity index (χ3n) is 4.69. The molecule has 2 aromatic rings. The Balaban J connectivity index is 1.76. The predicted molar refractivity (Wildman–Crippen MR) is 92.6 cm³/mol. The standard InChI is InChI=1S/C19H23N3O3/c1-13-10-16(20-25-13)12-21(3)19(24)11-18-17-7-5-4-6-15(17)8-9-22(18)14(2)23/h4-7,10,18H,8-9,11-12H2,1-3H3/t18-/m1/s1. The first kappa shape index (κ1) is 17.2. The molecule has 0 unspecified atom stereocenters. The first-order valence-corrected chi connectivity index (χ1v) is 8.47. The molecule has 1 aliphatic heterocycles. The van der Waals surface area contributed by atoms with Crippen LogP contribution in [0.4, 0.5) is 0 Å². The molecule has 3 rings (SSSR count). The quantitative estimate of drug-likeness (QED) is 0.857. The van der Waals surface area contributed by atoms with Gasteiger partial charge in [0.25, 0.3) is 0 Å². The number of rotatable bonds is 4. The van der Waals surface area contributed by atoms with E-state index < -0.39 is 0 Å². The normalized spacial score (nSPS) is 16.4. The van der Waals surface area contributed by atoms with E-state index in [1.165, 1.54) is 5.56 Å². The van der Waals surface area contributed by atoms with Gasteiger partial charge in [0.15, 0.2) is 0 Å². The average molecular weight is 341 g/mol. The third-order valence-corrected chi connectivity index (χ3v) is 4.69. The summed E-state index contributed by atoms with van der Waals surface area (Å²) in [5.74, 6) is 0.704. The zero-order valence-corrected chi connectivity index (χ0v) is 14.9. The number of hydrogen-bond acceptors (Lipinski definition) is 4. The zero-order valence-electron chi connectivity index (χ0n) is 14.9. The fourth-order valence-corrected chi connectivity index (χ4v) is 3.39. The van der Waals surface area contributed by atoms with Crippen LogP contribution in [0.5, 0.6) is 0 Å². The number of amides is 2. The smallest absolute Gasteiger partial charge is 0.225 e. The molecule has 1 aromatic heterocycles. The van der Waals surface area contributed by atoms with Crippen LogP contribution in [0, 0.1) is 6.92 Å². The van der Waals surface area contributed by atoms with E-state index in [4.69, 9.17) is 4.52 Å². The average Bonchev–Trinajstić information content (AvgIpc) is 2.99. The van der Waals surface area contributed by atoms with Crippen molar-refractivity contribution in [3.05, 3.63) is 52.9 Å². The SMILES string of the molecule is CC(=O)N1CCc2ccccc2[C@H]1CC(=O)N(C)Cc1cc(C)on1. The van der Waals surface area contributed by atoms with Crippen LogP contribution < -0.4 is 0 Å². The van der Waals surface area contributed by atoms with Crippen molar-refractivity contribution in [2.75, 3.05) is 13.6 Å². The molecule has 0 saturated heterocycles. The van der Waals surface area contributed by atoms with Gasteiger partial charge in [-0.1, -0.05) is 29.4 Å². The molecule has 0 saturated carbocycles. The molecule has 0 fully saturated rings. The number of benzene rings is 1. The summed E-state index contributed by atoms with van der Waals surface area (Å²) in [6, 6.07) is 9.66. The molecule has 2 amide bonds. The fourth-order valence-electron chi connectivity index (χ4n) is 3.39. The van der Waals surface area contributed by atoms with Gasteiger partial charge >= 0.3 is 0 Å². The molecular weight excluding hydrogens is 318 g/mol. The summed E-state index contributed by atoms with van der Waals surface area (Å²) >= 11 is 0. The van der Waals surface area contributed by atoms with E-state index in [2.05, 4.69) is 11.2 Å². The van der Waals surface area contributed by atoms with Crippen molar-refractivity contribution < 1.29 is 14.1 Å². The van der Waals surface area contributed by atoms with Gasteiger partial charge in [0.05, 0.1) is 19.0 Å². The summed E-state index contributed by atoms with van der Waals surface area (Å²) in [5.41, 5.74) is 3.01. The zero-order chi connectivity index (χ0) is 18.0. The Morgan fingerprint density at radius 1 is 1.36 bits per heavy atom. The maximum absolute atomic E-state index is 12.7. The van der Waals surface area contributed by atoms with Gasteiger partial charge in [0, 0.05) is 26.6 Å². The predicted octanol–water partition coefficient (Wildman–Crippen LogP) is 2.48. The van der Waals surface area contributed by atoms with E-state index in [0.717, 1.165) is 23.4 Å². The summed E-state index contributed by atoms with van der Waals surface area (Å²) in [4.78, 5) is 28.2. The Bertz CT molecular complexity index is 784. The topological polar surface area (TPSA) is 66.7 Å². The molecule has 132 valence electrons. The van der Waals surface area contributed by atoms with Crippen molar-refractivity contribution in [1.29, 1.82) is 0 Å². The lowest BCUT2D eigenvalue weighted by Gasteiger charge is -2.37. The monoisotopic (exact) mass is 341 g/mol. The summed E-state index contributed by atoms with van der Waals surface area (Å²) in [5, 5.41) is 3.93. The summed E-state index contributed by atoms with van der Waals surface area (Å²) in [6.45, 7) is 4.43. The molecule has 0 aliphatic carbocycles. The largest absolute Gasteiger partial charge is 0.361 e. The van der Waals surface area contributed by atoms with Gasteiger partial charge in [-0.3, -0.25) is 9.59 Å². The number of carbonyl (C=O) groups excluding carboxylic acids is 2. The summed E-state index contributed by atoms with van der Waals surface area (Å²) in [7, 11) is 1.75. The highest BCUT2D eigenvalue weighted by atomic mass is 16.5. The third kappa shape index (κ3) is 3.73. The first-order chi connectivity index (χ1) is 12.0. The van der Waals surface area contributed by atoms with Crippen LogP contribution in [0.2, 0.25) is 0 Å².